The molecule has 3 aliphatic carbocycles. The Morgan fingerprint density at radius 3 is 1.25 bits per heavy atom. The molecule has 0 fully saturated rings. The van der Waals surface area contributed by atoms with Crippen molar-refractivity contribution in [2.75, 3.05) is 4.90 Å². The summed E-state index contributed by atoms with van der Waals surface area (Å²) in [6.45, 7) is 0. The number of rotatable bonds is 4. The minimum Gasteiger partial charge on any atom is -0.454 e. The van der Waals surface area contributed by atoms with Gasteiger partial charge in [0.25, 0.3) is 0 Å². The number of anilines is 3. The van der Waals surface area contributed by atoms with E-state index in [0.29, 0.717) is 0 Å². The first-order valence-corrected chi connectivity index (χ1v) is 22.3. The molecule has 0 unspecified atom stereocenters. The Bertz CT molecular complexity index is 3450. The van der Waals surface area contributed by atoms with Crippen LogP contribution in [0.5, 0.6) is 11.5 Å². The number of fused-ring (bicyclic) bond motifs is 19. The molecule has 1 heterocycles. The van der Waals surface area contributed by atoms with E-state index >= 15 is 0 Å². The third-order valence-electron chi connectivity index (χ3n) is 14.6. The zero-order chi connectivity index (χ0) is 42.0. The lowest BCUT2D eigenvalue weighted by atomic mass is 9.66. The van der Waals surface area contributed by atoms with Crippen LogP contribution in [0.1, 0.15) is 44.5 Å². The third-order valence-corrected chi connectivity index (χ3v) is 14.6. The summed E-state index contributed by atoms with van der Waals surface area (Å²) in [5, 5.41) is 0. The van der Waals surface area contributed by atoms with Crippen LogP contribution in [0, 0.1) is 0 Å². The first-order chi connectivity index (χ1) is 31.8. The van der Waals surface area contributed by atoms with Crippen molar-refractivity contribution in [1.82, 2.24) is 0 Å². The molecule has 10 aromatic rings. The lowest BCUT2D eigenvalue weighted by Gasteiger charge is -2.41. The maximum Gasteiger partial charge on any atom is 0.156 e. The Balaban J connectivity index is 1.08. The standard InChI is InChI=1S/C62H39NO/c1-2-19-40(20-3-1)42-21-9-16-34-57(42)63(41-37-38-48-47-26-8-12-29-51(47)61(56(48)39-41)49-27-10-4-22-43(49)44-23-5-11-28-50(44)61)58-35-18-33-55-60(58)64-59-36-17-15-32-54(59)62(55)52-30-13-6-24-45(52)46-25-7-14-31-53(46)62/h1-39H. The van der Waals surface area contributed by atoms with Crippen molar-refractivity contribution in [3.8, 4) is 56.0 Å². The summed E-state index contributed by atoms with van der Waals surface area (Å²) in [7, 11) is 0. The van der Waals surface area contributed by atoms with Crippen LogP contribution in [0.15, 0.2) is 237 Å². The molecule has 64 heavy (non-hydrogen) atoms. The number of para-hydroxylation sites is 3. The van der Waals surface area contributed by atoms with Gasteiger partial charge in [-0.25, -0.2) is 0 Å². The molecule has 0 saturated carbocycles. The second-order valence-corrected chi connectivity index (χ2v) is 17.4. The smallest absolute Gasteiger partial charge is 0.156 e. The average molecular weight is 814 g/mol. The van der Waals surface area contributed by atoms with Crippen LogP contribution in [0.25, 0.3) is 44.5 Å². The summed E-state index contributed by atoms with van der Waals surface area (Å²) in [6.07, 6.45) is 0. The molecule has 298 valence electrons. The summed E-state index contributed by atoms with van der Waals surface area (Å²) >= 11 is 0. The van der Waals surface area contributed by atoms with Gasteiger partial charge in [0.2, 0.25) is 0 Å². The molecule has 0 saturated heterocycles. The van der Waals surface area contributed by atoms with Crippen molar-refractivity contribution in [2.24, 2.45) is 0 Å². The number of hydrogen-bond donors (Lipinski definition) is 0. The molecule has 2 nitrogen and oxygen atoms in total. The first kappa shape index (κ1) is 35.4. The molecule has 2 heteroatoms. The minimum atomic E-state index is -0.598. The molecule has 4 aliphatic rings. The SMILES string of the molecule is c1ccc(-c2ccccc2N(c2ccc3c(c2)C2(c4ccccc4-c4ccccc42)c2ccccc2-3)c2cccc3c2Oc2ccccc2C32c3ccccc3-c3ccccc32)cc1. The average Bonchev–Trinajstić information content (AvgIpc) is 3.95. The molecule has 0 amide bonds. The number of benzene rings is 10. The molecule has 2 spiro atoms. The molecule has 0 aromatic heterocycles. The molecule has 0 radical (unpaired) electrons. The lowest BCUT2D eigenvalue weighted by molar-refractivity contribution is 0.437. The topological polar surface area (TPSA) is 12.5 Å². The maximum atomic E-state index is 7.38. The van der Waals surface area contributed by atoms with Gasteiger partial charge in [0.1, 0.15) is 5.75 Å². The highest BCUT2D eigenvalue weighted by atomic mass is 16.5. The van der Waals surface area contributed by atoms with Crippen LogP contribution in [-0.2, 0) is 10.8 Å². The van der Waals surface area contributed by atoms with Crippen molar-refractivity contribution >= 4 is 17.1 Å². The zero-order valence-electron chi connectivity index (χ0n) is 34.9. The van der Waals surface area contributed by atoms with Crippen molar-refractivity contribution in [3.63, 3.8) is 0 Å². The quantitative estimate of drug-likeness (QED) is 0.175. The molecular weight excluding hydrogens is 775 g/mol. The van der Waals surface area contributed by atoms with Crippen molar-refractivity contribution in [3.05, 3.63) is 281 Å². The number of nitrogens with zero attached hydrogens (tertiary/aromatic N) is 1. The number of ether oxygens (including phenoxy) is 1. The van der Waals surface area contributed by atoms with Gasteiger partial charge < -0.3 is 9.64 Å². The second-order valence-electron chi connectivity index (χ2n) is 17.4. The normalized spacial score (nSPS) is 14.3. The van der Waals surface area contributed by atoms with Gasteiger partial charge in [-0.1, -0.05) is 206 Å². The van der Waals surface area contributed by atoms with Gasteiger partial charge >= 0.3 is 0 Å². The van der Waals surface area contributed by atoms with E-state index < -0.39 is 10.8 Å². The van der Waals surface area contributed by atoms with Gasteiger partial charge in [-0.05, 0) is 103 Å². The van der Waals surface area contributed by atoms with Gasteiger partial charge in [-0.15, -0.1) is 0 Å². The highest BCUT2D eigenvalue weighted by molar-refractivity contribution is 5.98. The molecule has 14 rings (SSSR count). The molecule has 0 N–H and O–H groups in total. The van der Waals surface area contributed by atoms with E-state index in [4.69, 9.17) is 4.74 Å². The lowest BCUT2D eigenvalue weighted by Crippen LogP contribution is -2.32. The van der Waals surface area contributed by atoms with Crippen molar-refractivity contribution in [1.29, 1.82) is 0 Å². The Kier molecular flexibility index (Phi) is 7.28. The summed E-state index contributed by atoms with van der Waals surface area (Å²) in [6, 6.07) is 87.3. The van der Waals surface area contributed by atoms with E-state index in [1.165, 1.54) is 66.8 Å². The Morgan fingerprint density at radius 1 is 0.281 bits per heavy atom. The Hall–Kier alpha value is -8.20. The van der Waals surface area contributed by atoms with Gasteiger partial charge in [0.05, 0.1) is 22.2 Å². The predicted molar refractivity (Wildman–Crippen MR) is 260 cm³/mol. The van der Waals surface area contributed by atoms with E-state index in [-0.39, 0.29) is 0 Å². The molecular formula is C62H39NO. The van der Waals surface area contributed by atoms with Crippen molar-refractivity contribution in [2.45, 2.75) is 10.8 Å². The Morgan fingerprint density at radius 2 is 0.688 bits per heavy atom. The first-order valence-electron chi connectivity index (χ1n) is 22.3. The summed E-state index contributed by atoms with van der Waals surface area (Å²) < 4.78 is 7.38. The minimum absolute atomic E-state index is 0.493. The van der Waals surface area contributed by atoms with E-state index in [1.54, 1.807) is 0 Å². The molecule has 0 atom stereocenters. The van der Waals surface area contributed by atoms with Crippen LogP contribution >= 0.6 is 0 Å². The molecule has 10 aromatic carbocycles. The fraction of sp³-hybridized carbons (Fsp3) is 0.0323. The van der Waals surface area contributed by atoms with Gasteiger partial charge in [-0.3, -0.25) is 0 Å². The van der Waals surface area contributed by atoms with Gasteiger partial charge in [-0.2, -0.15) is 0 Å². The molecule has 0 bridgehead atoms. The summed E-state index contributed by atoms with van der Waals surface area (Å²) in [5.74, 6) is 1.72. The number of hydrogen-bond acceptors (Lipinski definition) is 2. The monoisotopic (exact) mass is 813 g/mol. The predicted octanol–water partition coefficient (Wildman–Crippen LogP) is 15.6. The largest absolute Gasteiger partial charge is 0.454 e. The van der Waals surface area contributed by atoms with Crippen LogP contribution in [0.3, 0.4) is 0 Å². The highest BCUT2D eigenvalue weighted by Crippen LogP contribution is 2.66. The van der Waals surface area contributed by atoms with E-state index in [0.717, 1.165) is 50.8 Å². The van der Waals surface area contributed by atoms with Crippen LogP contribution in [-0.4, -0.2) is 0 Å². The van der Waals surface area contributed by atoms with E-state index in [9.17, 15) is 0 Å². The third kappa shape index (κ3) is 4.44. The summed E-state index contributed by atoms with van der Waals surface area (Å²) in [5.41, 5.74) is 22.1. The van der Waals surface area contributed by atoms with Gasteiger partial charge in [0.15, 0.2) is 5.75 Å². The fourth-order valence-electron chi connectivity index (χ4n) is 12.2. The highest BCUT2D eigenvalue weighted by Gasteiger charge is 2.53. The van der Waals surface area contributed by atoms with Crippen LogP contribution in [0.4, 0.5) is 17.1 Å². The second kappa shape index (κ2) is 13.2. The zero-order valence-corrected chi connectivity index (χ0v) is 34.9. The van der Waals surface area contributed by atoms with Gasteiger partial charge in [0, 0.05) is 22.4 Å². The Labute approximate surface area is 373 Å². The molecule has 1 aliphatic heterocycles. The van der Waals surface area contributed by atoms with E-state index in [2.05, 4.69) is 241 Å². The van der Waals surface area contributed by atoms with Crippen molar-refractivity contribution < 1.29 is 4.74 Å². The fourth-order valence-corrected chi connectivity index (χ4v) is 12.2. The maximum absolute atomic E-state index is 7.38. The summed E-state index contributed by atoms with van der Waals surface area (Å²) in [4.78, 5) is 2.47. The van der Waals surface area contributed by atoms with Crippen LogP contribution < -0.4 is 9.64 Å². The van der Waals surface area contributed by atoms with Crippen LogP contribution in [0.2, 0.25) is 0 Å². The van der Waals surface area contributed by atoms with E-state index in [1.807, 2.05) is 0 Å².